The summed E-state index contributed by atoms with van der Waals surface area (Å²) in [7, 11) is 0. The van der Waals surface area contributed by atoms with Crippen LogP contribution in [0.3, 0.4) is 0 Å². The SMILES string of the molecule is Cc1cnc(CNCc2csnn2)s1. The van der Waals surface area contributed by atoms with E-state index in [1.807, 2.05) is 11.6 Å². The maximum Gasteiger partial charge on any atom is 0.107 e. The van der Waals surface area contributed by atoms with Crippen LogP contribution < -0.4 is 5.32 Å². The second-order valence-electron chi connectivity index (χ2n) is 2.86. The minimum absolute atomic E-state index is 0.759. The highest BCUT2D eigenvalue weighted by molar-refractivity contribution is 7.11. The van der Waals surface area contributed by atoms with Gasteiger partial charge in [-0.05, 0) is 18.5 Å². The number of rotatable bonds is 4. The highest BCUT2D eigenvalue weighted by Crippen LogP contribution is 2.10. The average molecular weight is 226 g/mol. The zero-order valence-corrected chi connectivity index (χ0v) is 9.36. The van der Waals surface area contributed by atoms with Crippen LogP contribution in [-0.2, 0) is 13.1 Å². The van der Waals surface area contributed by atoms with Crippen LogP contribution in [0.15, 0.2) is 11.6 Å². The van der Waals surface area contributed by atoms with Gasteiger partial charge >= 0.3 is 0 Å². The fourth-order valence-corrected chi connectivity index (χ4v) is 2.25. The first-order valence-electron chi connectivity index (χ1n) is 4.22. The number of aromatic nitrogens is 3. The van der Waals surface area contributed by atoms with Crippen LogP contribution in [0.2, 0.25) is 0 Å². The lowest BCUT2D eigenvalue weighted by atomic mass is 10.5. The highest BCUT2D eigenvalue weighted by atomic mass is 32.1. The van der Waals surface area contributed by atoms with Crippen molar-refractivity contribution in [3.05, 3.63) is 27.2 Å². The van der Waals surface area contributed by atoms with Gasteiger partial charge < -0.3 is 5.32 Å². The number of hydrogen-bond donors (Lipinski definition) is 1. The lowest BCUT2D eigenvalue weighted by molar-refractivity contribution is 0.674. The van der Waals surface area contributed by atoms with E-state index < -0.39 is 0 Å². The Hall–Kier alpha value is -0.850. The summed E-state index contributed by atoms with van der Waals surface area (Å²) in [5, 5.41) is 10.3. The van der Waals surface area contributed by atoms with E-state index in [1.165, 1.54) is 16.4 Å². The second-order valence-corrected chi connectivity index (χ2v) is 4.79. The van der Waals surface area contributed by atoms with E-state index in [0.717, 1.165) is 23.8 Å². The summed E-state index contributed by atoms with van der Waals surface area (Å²) in [5.41, 5.74) is 0.989. The maximum atomic E-state index is 4.26. The van der Waals surface area contributed by atoms with Gasteiger partial charge in [-0.2, -0.15) is 0 Å². The number of thiazole rings is 1. The van der Waals surface area contributed by atoms with Gasteiger partial charge in [0, 0.05) is 29.5 Å². The van der Waals surface area contributed by atoms with Gasteiger partial charge in [0.25, 0.3) is 0 Å². The van der Waals surface area contributed by atoms with E-state index in [-0.39, 0.29) is 0 Å². The van der Waals surface area contributed by atoms with E-state index >= 15 is 0 Å². The predicted molar refractivity (Wildman–Crippen MR) is 57.3 cm³/mol. The van der Waals surface area contributed by atoms with E-state index in [1.54, 1.807) is 11.3 Å². The zero-order valence-electron chi connectivity index (χ0n) is 7.73. The van der Waals surface area contributed by atoms with Gasteiger partial charge in [0.05, 0.1) is 5.69 Å². The highest BCUT2D eigenvalue weighted by Gasteiger charge is 1.99. The van der Waals surface area contributed by atoms with Crippen molar-refractivity contribution in [2.24, 2.45) is 0 Å². The molecule has 0 spiro atoms. The van der Waals surface area contributed by atoms with Gasteiger partial charge in [-0.3, -0.25) is 0 Å². The van der Waals surface area contributed by atoms with Gasteiger partial charge in [-0.25, -0.2) is 4.98 Å². The van der Waals surface area contributed by atoms with Crippen LogP contribution in [0.1, 0.15) is 15.6 Å². The minimum Gasteiger partial charge on any atom is -0.305 e. The molecule has 0 atom stereocenters. The first-order chi connectivity index (χ1) is 6.84. The molecule has 0 saturated carbocycles. The molecule has 0 aromatic carbocycles. The fraction of sp³-hybridized carbons (Fsp3) is 0.375. The predicted octanol–water partition coefficient (Wildman–Crippen LogP) is 1.59. The monoisotopic (exact) mass is 226 g/mol. The minimum atomic E-state index is 0.759. The van der Waals surface area contributed by atoms with Crippen LogP contribution >= 0.6 is 22.9 Å². The third-order valence-corrected chi connectivity index (χ3v) is 3.12. The van der Waals surface area contributed by atoms with Gasteiger partial charge in [0.2, 0.25) is 0 Å². The standard InChI is InChI=1S/C8H10N4S2/c1-6-2-10-8(14-6)4-9-3-7-5-13-12-11-7/h2,5,9H,3-4H2,1H3. The van der Waals surface area contributed by atoms with Crippen molar-refractivity contribution in [1.82, 2.24) is 19.9 Å². The molecule has 0 aliphatic rings. The lowest BCUT2D eigenvalue weighted by Crippen LogP contribution is -2.12. The normalized spacial score (nSPS) is 10.6. The first-order valence-corrected chi connectivity index (χ1v) is 5.88. The van der Waals surface area contributed by atoms with Crippen LogP contribution in [0.4, 0.5) is 0 Å². The molecule has 0 saturated heterocycles. The molecule has 1 N–H and O–H groups in total. The molecule has 0 fully saturated rings. The number of aryl methyl sites for hydroxylation is 1. The van der Waals surface area contributed by atoms with Crippen LogP contribution in [0, 0.1) is 6.92 Å². The molecule has 2 aromatic rings. The summed E-state index contributed by atoms with van der Waals surface area (Å²) in [4.78, 5) is 5.50. The topological polar surface area (TPSA) is 50.7 Å². The smallest absolute Gasteiger partial charge is 0.107 e. The van der Waals surface area contributed by atoms with Crippen molar-refractivity contribution in [3.63, 3.8) is 0 Å². The molecular formula is C8H10N4S2. The molecule has 4 nitrogen and oxygen atoms in total. The molecule has 6 heteroatoms. The molecule has 0 unspecified atom stereocenters. The molecule has 0 amide bonds. The summed E-state index contributed by atoms with van der Waals surface area (Å²) >= 11 is 3.09. The Balaban J connectivity index is 1.78. The van der Waals surface area contributed by atoms with E-state index in [9.17, 15) is 0 Å². The summed E-state index contributed by atoms with van der Waals surface area (Å²) in [6.07, 6.45) is 1.89. The molecular weight excluding hydrogens is 216 g/mol. The molecule has 0 aliphatic heterocycles. The number of hydrogen-bond acceptors (Lipinski definition) is 6. The first kappa shape index (κ1) is 9.70. The van der Waals surface area contributed by atoms with Crippen molar-refractivity contribution in [3.8, 4) is 0 Å². The van der Waals surface area contributed by atoms with Gasteiger partial charge in [-0.1, -0.05) is 4.49 Å². The Morgan fingerprint density at radius 1 is 1.43 bits per heavy atom. The van der Waals surface area contributed by atoms with Crippen molar-refractivity contribution in [2.45, 2.75) is 20.0 Å². The van der Waals surface area contributed by atoms with Crippen molar-refractivity contribution >= 4 is 22.9 Å². The summed E-state index contributed by atoms with van der Waals surface area (Å²) in [6, 6.07) is 0. The summed E-state index contributed by atoms with van der Waals surface area (Å²) in [6.45, 7) is 3.62. The van der Waals surface area contributed by atoms with E-state index in [4.69, 9.17) is 0 Å². The second kappa shape index (κ2) is 4.59. The average Bonchev–Trinajstić information content (AvgIpc) is 2.77. The molecule has 0 radical (unpaired) electrons. The Bertz CT molecular complexity index is 382. The maximum absolute atomic E-state index is 4.26. The number of nitrogens with zero attached hydrogens (tertiary/aromatic N) is 3. The van der Waals surface area contributed by atoms with Crippen molar-refractivity contribution in [1.29, 1.82) is 0 Å². The van der Waals surface area contributed by atoms with E-state index in [2.05, 4.69) is 26.8 Å². The zero-order chi connectivity index (χ0) is 9.80. The van der Waals surface area contributed by atoms with Gasteiger partial charge in [0.15, 0.2) is 0 Å². The molecule has 2 aromatic heterocycles. The van der Waals surface area contributed by atoms with E-state index in [0.29, 0.717) is 0 Å². The Kier molecular flexibility index (Phi) is 3.18. The molecule has 0 aliphatic carbocycles. The van der Waals surface area contributed by atoms with Crippen molar-refractivity contribution in [2.75, 3.05) is 0 Å². The Labute approximate surface area is 90.2 Å². The summed E-state index contributed by atoms with van der Waals surface area (Å²) in [5.74, 6) is 0. The quantitative estimate of drug-likeness (QED) is 0.860. The van der Waals surface area contributed by atoms with Crippen LogP contribution in [0.5, 0.6) is 0 Å². The molecule has 14 heavy (non-hydrogen) atoms. The van der Waals surface area contributed by atoms with Crippen molar-refractivity contribution < 1.29 is 0 Å². The third-order valence-electron chi connectivity index (χ3n) is 1.66. The lowest BCUT2D eigenvalue weighted by Gasteiger charge is -1.97. The molecule has 2 heterocycles. The molecule has 0 bridgehead atoms. The van der Waals surface area contributed by atoms with Gasteiger partial charge in [0.1, 0.15) is 5.01 Å². The number of nitrogens with one attached hydrogen (secondary N) is 1. The van der Waals surface area contributed by atoms with Crippen LogP contribution in [0.25, 0.3) is 0 Å². The fourth-order valence-electron chi connectivity index (χ4n) is 1.04. The third kappa shape index (κ3) is 2.57. The summed E-state index contributed by atoms with van der Waals surface area (Å²) < 4.78 is 3.79. The largest absolute Gasteiger partial charge is 0.305 e. The molecule has 74 valence electrons. The van der Waals surface area contributed by atoms with Crippen LogP contribution in [-0.4, -0.2) is 14.6 Å². The molecule has 2 rings (SSSR count). The Morgan fingerprint density at radius 2 is 2.36 bits per heavy atom. The van der Waals surface area contributed by atoms with Gasteiger partial charge in [-0.15, -0.1) is 16.4 Å². The Morgan fingerprint density at radius 3 is 3.00 bits per heavy atom.